The summed E-state index contributed by atoms with van der Waals surface area (Å²) in [6.45, 7) is 3.39. The van der Waals surface area contributed by atoms with Crippen LogP contribution in [0.1, 0.15) is 29.0 Å². The van der Waals surface area contributed by atoms with Gasteiger partial charge in [-0.05, 0) is 25.8 Å². The number of carbonyl (C=O) groups excluding carboxylic acids is 1. The molecule has 1 saturated heterocycles. The fourth-order valence-electron chi connectivity index (χ4n) is 2.93. The number of nitrogens with zero attached hydrogens (tertiary/aromatic N) is 6. The Bertz CT molecular complexity index is 728. The number of rotatable bonds is 4. The molecule has 0 aromatic carbocycles. The molecular weight excluding hydrogens is 318 g/mol. The number of amides is 1. The van der Waals surface area contributed by atoms with Crippen molar-refractivity contribution in [3.8, 4) is 0 Å². The fourth-order valence-corrected chi connectivity index (χ4v) is 2.93. The van der Waals surface area contributed by atoms with Crippen LogP contribution in [0.4, 0.5) is 11.6 Å². The minimum Gasteiger partial charge on any atom is -0.367 e. The first-order valence-electron chi connectivity index (χ1n) is 8.50. The quantitative estimate of drug-likeness (QED) is 0.901. The molecule has 8 heteroatoms. The van der Waals surface area contributed by atoms with Crippen LogP contribution in [-0.4, -0.2) is 63.8 Å². The maximum Gasteiger partial charge on any atom is 0.274 e. The van der Waals surface area contributed by atoms with Gasteiger partial charge in [0.2, 0.25) is 0 Å². The topological polar surface area (TPSA) is 79.2 Å². The van der Waals surface area contributed by atoms with Crippen LogP contribution in [0, 0.1) is 6.92 Å². The summed E-state index contributed by atoms with van der Waals surface area (Å²) in [5.41, 5.74) is 1.51. The molecule has 0 atom stereocenters. The summed E-state index contributed by atoms with van der Waals surface area (Å²) in [6.07, 6.45) is 3.34. The predicted molar refractivity (Wildman–Crippen MR) is 96.9 cm³/mol. The van der Waals surface area contributed by atoms with Gasteiger partial charge < -0.3 is 15.1 Å². The van der Waals surface area contributed by atoms with Gasteiger partial charge in [-0.25, -0.2) is 9.97 Å². The zero-order valence-corrected chi connectivity index (χ0v) is 15.2. The molecule has 0 bridgehead atoms. The van der Waals surface area contributed by atoms with E-state index in [2.05, 4.69) is 20.4 Å². The van der Waals surface area contributed by atoms with Crippen molar-refractivity contribution in [2.24, 2.45) is 7.05 Å². The number of carbonyl (C=O) groups is 1. The van der Waals surface area contributed by atoms with Gasteiger partial charge in [0.25, 0.3) is 5.91 Å². The van der Waals surface area contributed by atoms with Crippen molar-refractivity contribution in [3.63, 3.8) is 0 Å². The molecule has 1 N–H and O–H groups in total. The molecule has 3 rings (SSSR count). The van der Waals surface area contributed by atoms with Gasteiger partial charge in [-0.15, -0.1) is 0 Å². The summed E-state index contributed by atoms with van der Waals surface area (Å²) < 4.78 is 1.74. The number of anilines is 2. The van der Waals surface area contributed by atoms with E-state index in [1.165, 1.54) is 0 Å². The second kappa shape index (κ2) is 7.08. The number of aromatic nitrogens is 4. The summed E-state index contributed by atoms with van der Waals surface area (Å²) in [5.74, 6) is 1.71. The average molecular weight is 343 g/mol. The number of hydrogen-bond donors (Lipinski definition) is 1. The molecule has 134 valence electrons. The van der Waals surface area contributed by atoms with Crippen LogP contribution in [0.25, 0.3) is 0 Å². The Morgan fingerprint density at radius 1 is 1.24 bits per heavy atom. The van der Waals surface area contributed by atoms with Crippen LogP contribution < -0.4 is 10.2 Å². The van der Waals surface area contributed by atoms with Crippen LogP contribution in [0.5, 0.6) is 0 Å². The third-order valence-corrected chi connectivity index (χ3v) is 4.58. The molecule has 2 aromatic heterocycles. The molecule has 1 amide bonds. The zero-order chi connectivity index (χ0) is 18.0. The molecule has 0 unspecified atom stereocenters. The standard InChI is InChI=1S/C17H25N7O/c1-12-9-14(21-23(12)4)17(25)24-7-5-13(6-8-24)20-15-10-16(22(2)3)19-11-18-15/h9-11,13H,5-8H2,1-4H3,(H,18,19,20). The summed E-state index contributed by atoms with van der Waals surface area (Å²) in [5, 5.41) is 7.74. The summed E-state index contributed by atoms with van der Waals surface area (Å²) in [6, 6.07) is 4.09. The molecular formula is C17H25N7O. The first kappa shape index (κ1) is 17.2. The first-order chi connectivity index (χ1) is 11.9. The van der Waals surface area contributed by atoms with E-state index in [0.717, 1.165) is 43.3 Å². The van der Waals surface area contributed by atoms with Gasteiger partial charge in [-0.3, -0.25) is 9.48 Å². The molecule has 2 aromatic rings. The Morgan fingerprint density at radius 3 is 2.56 bits per heavy atom. The molecule has 1 aliphatic rings. The normalized spacial score (nSPS) is 15.3. The highest BCUT2D eigenvalue weighted by Gasteiger charge is 2.25. The van der Waals surface area contributed by atoms with Crippen molar-refractivity contribution in [2.75, 3.05) is 37.4 Å². The number of hydrogen-bond acceptors (Lipinski definition) is 6. The van der Waals surface area contributed by atoms with Gasteiger partial charge in [-0.1, -0.05) is 0 Å². The largest absolute Gasteiger partial charge is 0.367 e. The van der Waals surface area contributed by atoms with Gasteiger partial charge in [-0.2, -0.15) is 5.10 Å². The molecule has 1 aliphatic heterocycles. The number of nitrogens with one attached hydrogen (secondary N) is 1. The number of piperidine rings is 1. The molecule has 0 radical (unpaired) electrons. The molecule has 0 saturated carbocycles. The summed E-state index contributed by atoms with van der Waals surface area (Å²) in [7, 11) is 5.76. The molecule has 25 heavy (non-hydrogen) atoms. The lowest BCUT2D eigenvalue weighted by Gasteiger charge is -2.32. The van der Waals surface area contributed by atoms with Crippen molar-refractivity contribution in [3.05, 3.63) is 29.8 Å². The molecule has 3 heterocycles. The maximum atomic E-state index is 12.6. The van der Waals surface area contributed by atoms with Crippen molar-refractivity contribution in [2.45, 2.75) is 25.8 Å². The van der Waals surface area contributed by atoms with Crippen LogP contribution in [0.15, 0.2) is 18.5 Å². The third kappa shape index (κ3) is 3.89. The predicted octanol–water partition coefficient (Wildman–Crippen LogP) is 1.30. The van der Waals surface area contributed by atoms with Gasteiger partial charge in [0.15, 0.2) is 5.69 Å². The Kier molecular flexibility index (Phi) is 4.87. The minimum atomic E-state index is 0.0130. The average Bonchev–Trinajstić information content (AvgIpc) is 2.94. The third-order valence-electron chi connectivity index (χ3n) is 4.58. The first-order valence-corrected chi connectivity index (χ1v) is 8.50. The fraction of sp³-hybridized carbons (Fsp3) is 0.529. The molecule has 8 nitrogen and oxygen atoms in total. The van der Waals surface area contributed by atoms with Crippen molar-refractivity contribution in [1.29, 1.82) is 0 Å². The Morgan fingerprint density at radius 2 is 1.96 bits per heavy atom. The zero-order valence-electron chi connectivity index (χ0n) is 15.2. The maximum absolute atomic E-state index is 12.6. The van der Waals surface area contributed by atoms with Gasteiger partial charge in [0.05, 0.1) is 0 Å². The van der Waals surface area contributed by atoms with Crippen molar-refractivity contribution < 1.29 is 4.79 Å². The van der Waals surface area contributed by atoms with Gasteiger partial charge in [0.1, 0.15) is 18.0 Å². The van der Waals surface area contributed by atoms with E-state index >= 15 is 0 Å². The van der Waals surface area contributed by atoms with Crippen molar-refractivity contribution in [1.82, 2.24) is 24.6 Å². The summed E-state index contributed by atoms with van der Waals surface area (Å²) >= 11 is 0. The highest BCUT2D eigenvalue weighted by atomic mass is 16.2. The van der Waals surface area contributed by atoms with E-state index in [1.54, 1.807) is 11.0 Å². The lowest BCUT2D eigenvalue weighted by molar-refractivity contribution is 0.0711. The summed E-state index contributed by atoms with van der Waals surface area (Å²) in [4.78, 5) is 24.9. The Balaban J connectivity index is 1.56. The van der Waals surface area contributed by atoms with Crippen LogP contribution in [0.3, 0.4) is 0 Å². The highest BCUT2D eigenvalue weighted by molar-refractivity contribution is 5.92. The molecule has 0 aliphatic carbocycles. The van der Waals surface area contributed by atoms with E-state index in [0.29, 0.717) is 11.7 Å². The van der Waals surface area contributed by atoms with Gasteiger partial charge >= 0.3 is 0 Å². The lowest BCUT2D eigenvalue weighted by Crippen LogP contribution is -2.42. The smallest absolute Gasteiger partial charge is 0.274 e. The molecule has 0 spiro atoms. The van der Waals surface area contributed by atoms with Crippen LogP contribution >= 0.6 is 0 Å². The Labute approximate surface area is 147 Å². The van der Waals surface area contributed by atoms with Crippen LogP contribution in [-0.2, 0) is 7.05 Å². The highest BCUT2D eigenvalue weighted by Crippen LogP contribution is 2.19. The van der Waals surface area contributed by atoms with E-state index in [4.69, 9.17) is 0 Å². The van der Waals surface area contributed by atoms with E-state index in [-0.39, 0.29) is 5.91 Å². The van der Waals surface area contributed by atoms with Crippen molar-refractivity contribution >= 4 is 17.5 Å². The molecule has 1 fully saturated rings. The van der Waals surface area contributed by atoms with E-state index in [9.17, 15) is 4.79 Å². The SMILES string of the molecule is Cc1cc(C(=O)N2CCC(Nc3cc(N(C)C)ncn3)CC2)nn1C. The second-order valence-electron chi connectivity index (χ2n) is 6.66. The van der Waals surface area contributed by atoms with E-state index < -0.39 is 0 Å². The number of likely N-dealkylation sites (tertiary alicyclic amines) is 1. The van der Waals surface area contributed by atoms with E-state index in [1.807, 2.05) is 50.0 Å². The van der Waals surface area contributed by atoms with Crippen LogP contribution in [0.2, 0.25) is 0 Å². The lowest BCUT2D eigenvalue weighted by atomic mass is 10.0. The minimum absolute atomic E-state index is 0.0130. The monoisotopic (exact) mass is 343 g/mol. The Hall–Kier alpha value is -2.64. The van der Waals surface area contributed by atoms with Gasteiger partial charge in [0, 0.05) is 52.0 Å². The number of aryl methyl sites for hydroxylation is 2. The second-order valence-corrected chi connectivity index (χ2v) is 6.66.